The number of carbonyl (C=O) groups is 4. The molecule has 0 spiro atoms. The molecule has 1 aliphatic carbocycles. The Kier molecular flexibility index (Phi) is 11.4. The van der Waals surface area contributed by atoms with Gasteiger partial charge in [0.1, 0.15) is 25.0 Å². The second-order valence-electron chi connectivity index (χ2n) is 8.60. The second kappa shape index (κ2) is 14.5. The molecule has 2 aromatic rings. The van der Waals surface area contributed by atoms with Crippen LogP contribution in [0, 0.1) is 11.3 Å². The molecule has 0 saturated carbocycles. The van der Waals surface area contributed by atoms with Crippen LogP contribution in [-0.4, -0.2) is 58.3 Å². The number of allylic oxidation sites excluding steroid dienone is 2. The molecule has 40 heavy (non-hydrogen) atoms. The van der Waals surface area contributed by atoms with E-state index in [2.05, 4.69) is 21.4 Å². The Balaban J connectivity index is 0.000000708. The topological polar surface area (TPSA) is 171 Å². The van der Waals surface area contributed by atoms with Gasteiger partial charge in [0.15, 0.2) is 5.82 Å². The number of carboxylic acids is 1. The van der Waals surface area contributed by atoms with Crippen molar-refractivity contribution >= 4 is 35.1 Å². The van der Waals surface area contributed by atoms with E-state index in [1.807, 2.05) is 18.2 Å². The number of nitrogens with one attached hydrogen (secondary N) is 2. The fourth-order valence-corrected chi connectivity index (χ4v) is 3.62. The fraction of sp³-hybridized carbons (Fsp3) is 0.385. The first-order chi connectivity index (χ1) is 18.8. The van der Waals surface area contributed by atoms with Gasteiger partial charge in [-0.3, -0.25) is 14.4 Å². The van der Waals surface area contributed by atoms with Gasteiger partial charge in [0, 0.05) is 25.1 Å². The van der Waals surface area contributed by atoms with Crippen LogP contribution in [0.15, 0.2) is 30.5 Å². The molecule has 0 saturated heterocycles. The highest BCUT2D eigenvalue weighted by Crippen LogP contribution is 2.34. The molecule has 0 unspecified atom stereocenters. The molecule has 1 amide bonds. The predicted molar refractivity (Wildman–Crippen MR) is 134 cm³/mol. The van der Waals surface area contributed by atoms with E-state index in [-0.39, 0.29) is 30.7 Å². The van der Waals surface area contributed by atoms with Crippen LogP contribution in [0.25, 0.3) is 5.57 Å². The molecule has 0 atom stereocenters. The third-order valence-electron chi connectivity index (χ3n) is 5.53. The van der Waals surface area contributed by atoms with Gasteiger partial charge in [0.25, 0.3) is 5.91 Å². The summed E-state index contributed by atoms with van der Waals surface area (Å²) >= 11 is 0. The average molecular weight is 565 g/mol. The maximum atomic E-state index is 12.7. The van der Waals surface area contributed by atoms with Crippen LogP contribution in [0.4, 0.5) is 18.9 Å². The first kappa shape index (κ1) is 31.5. The molecule has 1 aromatic carbocycles. The van der Waals surface area contributed by atoms with E-state index in [9.17, 15) is 27.6 Å². The molecule has 1 aliphatic rings. The van der Waals surface area contributed by atoms with E-state index >= 15 is 0 Å². The highest BCUT2D eigenvalue weighted by Gasteiger charge is 2.38. The van der Waals surface area contributed by atoms with Crippen molar-refractivity contribution < 1.29 is 46.9 Å². The quantitative estimate of drug-likeness (QED) is 0.395. The molecular formula is C26H27F3N4O7. The lowest BCUT2D eigenvalue weighted by atomic mass is 9.89. The summed E-state index contributed by atoms with van der Waals surface area (Å²) in [7, 11) is 0. The lowest BCUT2D eigenvalue weighted by molar-refractivity contribution is -0.192. The van der Waals surface area contributed by atoms with Crippen molar-refractivity contribution in [2.45, 2.75) is 51.6 Å². The van der Waals surface area contributed by atoms with Crippen LogP contribution in [-0.2, 0) is 23.9 Å². The Morgan fingerprint density at radius 3 is 2.25 bits per heavy atom. The third-order valence-corrected chi connectivity index (χ3v) is 5.53. The summed E-state index contributed by atoms with van der Waals surface area (Å²) in [5, 5.41) is 19.0. The Hall–Kier alpha value is -4.67. The van der Waals surface area contributed by atoms with E-state index in [1.165, 1.54) is 20.0 Å². The van der Waals surface area contributed by atoms with E-state index in [4.69, 9.17) is 24.6 Å². The van der Waals surface area contributed by atoms with Gasteiger partial charge in [0.2, 0.25) is 0 Å². The minimum absolute atomic E-state index is 0.0433. The molecule has 3 rings (SSSR count). The van der Waals surface area contributed by atoms with Crippen molar-refractivity contribution in [1.29, 1.82) is 5.26 Å². The minimum Gasteiger partial charge on any atom is -0.475 e. The number of halogens is 3. The van der Waals surface area contributed by atoms with E-state index < -0.39 is 30.0 Å². The van der Waals surface area contributed by atoms with Gasteiger partial charge in [-0.25, -0.2) is 9.78 Å². The summed E-state index contributed by atoms with van der Waals surface area (Å²) in [6.07, 6.45) is 2.34. The normalized spacial score (nSPS) is 12.8. The zero-order chi connectivity index (χ0) is 29.9. The monoisotopic (exact) mass is 564 g/mol. The summed E-state index contributed by atoms with van der Waals surface area (Å²) in [6, 6.07) is 7.43. The molecule has 0 bridgehead atoms. The number of carbonyl (C=O) groups excluding carboxylic acids is 3. The molecule has 0 fully saturated rings. The van der Waals surface area contributed by atoms with Crippen molar-refractivity contribution in [3.63, 3.8) is 0 Å². The number of rotatable bonds is 8. The standard InChI is InChI=1S/C24H26N4O5.C2HF3O2/c1-15(29)32-13-19(14-33-16(2)30)18-8-9-22(21(10-18)17-6-4-3-5-7-17)28-24(31)23-26-12-20(11-25)27-23;3-2(4,5)1(6)7/h6,8-10,12,19H,3-5,7,13-14H2,1-2H3,(H,26,27)(H,28,31);(H,6,7). The Labute approximate surface area is 227 Å². The average Bonchev–Trinajstić information content (AvgIpc) is 3.39. The number of nitrogens with zero attached hydrogens (tertiary/aromatic N) is 2. The highest BCUT2D eigenvalue weighted by molar-refractivity contribution is 6.03. The van der Waals surface area contributed by atoms with Crippen molar-refractivity contribution in [2.24, 2.45) is 0 Å². The van der Waals surface area contributed by atoms with Gasteiger partial charge < -0.3 is 24.9 Å². The number of aromatic amines is 1. The van der Waals surface area contributed by atoms with Crippen LogP contribution >= 0.6 is 0 Å². The number of ether oxygens (including phenoxy) is 2. The Bertz CT molecular complexity index is 1290. The van der Waals surface area contributed by atoms with Crippen LogP contribution in [0.3, 0.4) is 0 Å². The Morgan fingerprint density at radius 1 is 1.15 bits per heavy atom. The molecule has 0 radical (unpaired) electrons. The maximum Gasteiger partial charge on any atom is 0.490 e. The lowest BCUT2D eigenvalue weighted by Crippen LogP contribution is -2.21. The van der Waals surface area contributed by atoms with Gasteiger partial charge in [-0.15, -0.1) is 0 Å². The van der Waals surface area contributed by atoms with Gasteiger partial charge in [0.05, 0.1) is 12.1 Å². The fourth-order valence-electron chi connectivity index (χ4n) is 3.62. The van der Waals surface area contributed by atoms with E-state index in [0.29, 0.717) is 5.69 Å². The molecule has 3 N–H and O–H groups in total. The number of hydrogen-bond acceptors (Lipinski definition) is 8. The molecule has 11 nitrogen and oxygen atoms in total. The van der Waals surface area contributed by atoms with Crippen LogP contribution in [0.1, 0.15) is 72.9 Å². The molecule has 1 heterocycles. The van der Waals surface area contributed by atoms with Gasteiger partial charge in [-0.05, 0) is 49.0 Å². The number of nitriles is 1. The van der Waals surface area contributed by atoms with Crippen LogP contribution in [0.5, 0.6) is 0 Å². The lowest BCUT2D eigenvalue weighted by Gasteiger charge is -2.21. The highest BCUT2D eigenvalue weighted by atomic mass is 19.4. The van der Waals surface area contributed by atoms with Crippen molar-refractivity contribution in [2.75, 3.05) is 18.5 Å². The molecule has 14 heteroatoms. The van der Waals surface area contributed by atoms with Gasteiger partial charge >= 0.3 is 24.1 Å². The number of amides is 1. The number of anilines is 1. The summed E-state index contributed by atoms with van der Waals surface area (Å²) in [5.74, 6) is -4.37. The zero-order valence-corrected chi connectivity index (χ0v) is 21.6. The van der Waals surface area contributed by atoms with Crippen molar-refractivity contribution in [1.82, 2.24) is 9.97 Å². The smallest absolute Gasteiger partial charge is 0.475 e. The number of imidazole rings is 1. The van der Waals surface area contributed by atoms with Gasteiger partial charge in [-0.1, -0.05) is 12.1 Å². The van der Waals surface area contributed by atoms with Crippen LogP contribution in [0.2, 0.25) is 0 Å². The van der Waals surface area contributed by atoms with E-state index in [1.54, 1.807) is 6.07 Å². The number of carboxylic acid groups (broad SMARTS) is 1. The molecule has 214 valence electrons. The van der Waals surface area contributed by atoms with Crippen molar-refractivity contribution in [3.8, 4) is 6.07 Å². The third kappa shape index (κ3) is 9.90. The second-order valence-corrected chi connectivity index (χ2v) is 8.60. The minimum atomic E-state index is -5.08. The number of esters is 2. The molecular weight excluding hydrogens is 537 g/mol. The summed E-state index contributed by atoms with van der Waals surface area (Å²) < 4.78 is 42.1. The molecule has 1 aromatic heterocycles. The summed E-state index contributed by atoms with van der Waals surface area (Å²) in [6.45, 7) is 2.78. The van der Waals surface area contributed by atoms with Crippen LogP contribution < -0.4 is 5.32 Å². The predicted octanol–water partition coefficient (Wildman–Crippen LogP) is 4.33. The number of aliphatic carboxylic acids is 1. The maximum absolute atomic E-state index is 12.7. The zero-order valence-electron chi connectivity index (χ0n) is 21.6. The summed E-state index contributed by atoms with van der Waals surface area (Å²) in [4.78, 5) is 50.9. The number of alkyl halides is 3. The Morgan fingerprint density at radius 2 is 1.77 bits per heavy atom. The first-order valence-corrected chi connectivity index (χ1v) is 12.0. The number of benzene rings is 1. The number of aromatic nitrogens is 2. The number of hydrogen-bond donors (Lipinski definition) is 3. The van der Waals surface area contributed by atoms with Crippen molar-refractivity contribution in [3.05, 3.63) is 53.1 Å². The van der Waals surface area contributed by atoms with Gasteiger partial charge in [-0.2, -0.15) is 18.4 Å². The summed E-state index contributed by atoms with van der Waals surface area (Å²) in [5.41, 5.74) is 3.58. The first-order valence-electron chi connectivity index (χ1n) is 12.0. The van der Waals surface area contributed by atoms with E-state index in [0.717, 1.165) is 42.4 Å². The largest absolute Gasteiger partial charge is 0.490 e. The SMILES string of the molecule is CC(=O)OCC(COC(C)=O)c1ccc(NC(=O)c2ncc(C#N)[nH]2)c(C2=CCCCC2)c1.O=C(O)C(F)(F)F. The molecule has 0 aliphatic heterocycles. The number of H-pyrrole nitrogens is 1.